The van der Waals surface area contributed by atoms with E-state index in [1.165, 1.54) is 4.90 Å². The number of carbonyl (C=O) groups is 2. The molecule has 1 amide bonds. The number of aliphatic carboxylic acids is 1. The van der Waals surface area contributed by atoms with E-state index in [0.717, 1.165) is 5.39 Å². The number of carboxylic acid groups (broad SMARTS) is 1. The van der Waals surface area contributed by atoms with Gasteiger partial charge in [0.1, 0.15) is 5.58 Å². The minimum absolute atomic E-state index is 0.113. The van der Waals surface area contributed by atoms with Crippen molar-refractivity contribution in [2.75, 3.05) is 13.7 Å². The third kappa shape index (κ3) is 3.18. The normalized spacial score (nSPS) is 21.0. The lowest BCUT2D eigenvalue weighted by Gasteiger charge is -2.21. The van der Waals surface area contributed by atoms with Crippen molar-refractivity contribution in [1.29, 1.82) is 0 Å². The molecule has 1 fully saturated rings. The summed E-state index contributed by atoms with van der Waals surface area (Å²) in [6.07, 6.45) is 0.222. The van der Waals surface area contributed by atoms with E-state index >= 15 is 0 Å². The van der Waals surface area contributed by atoms with Crippen molar-refractivity contribution in [2.24, 2.45) is 0 Å². The molecule has 6 nitrogen and oxygen atoms in total. The Kier molecular flexibility index (Phi) is 4.28. The van der Waals surface area contributed by atoms with Crippen molar-refractivity contribution in [1.82, 2.24) is 4.90 Å². The van der Waals surface area contributed by atoms with E-state index in [2.05, 4.69) is 0 Å². The average Bonchev–Trinajstić information content (AvgIpc) is 3.09. The Balaban J connectivity index is 1.88. The van der Waals surface area contributed by atoms with Crippen molar-refractivity contribution in [3.05, 3.63) is 35.0 Å². The van der Waals surface area contributed by atoms with Gasteiger partial charge in [0, 0.05) is 30.1 Å². The van der Waals surface area contributed by atoms with Crippen LogP contribution in [0.3, 0.4) is 0 Å². The van der Waals surface area contributed by atoms with E-state index in [-0.39, 0.29) is 24.2 Å². The average molecular weight is 338 g/mol. The highest BCUT2D eigenvalue weighted by Crippen LogP contribution is 2.28. The number of furan rings is 1. The number of carboxylic acids is 1. The molecule has 0 radical (unpaired) electrons. The van der Waals surface area contributed by atoms with E-state index in [9.17, 15) is 9.59 Å². The van der Waals surface area contributed by atoms with Crippen LogP contribution in [0.4, 0.5) is 0 Å². The first-order valence-corrected chi connectivity index (χ1v) is 7.60. The van der Waals surface area contributed by atoms with E-state index < -0.39 is 12.0 Å². The quantitative estimate of drug-likeness (QED) is 0.928. The zero-order valence-corrected chi connectivity index (χ0v) is 13.2. The molecule has 1 aromatic carbocycles. The van der Waals surface area contributed by atoms with Crippen LogP contribution in [-0.4, -0.2) is 47.7 Å². The van der Waals surface area contributed by atoms with Gasteiger partial charge in [-0.25, -0.2) is 0 Å². The summed E-state index contributed by atoms with van der Waals surface area (Å²) in [4.78, 5) is 25.2. The van der Waals surface area contributed by atoms with E-state index in [1.807, 2.05) is 0 Å². The van der Waals surface area contributed by atoms with Gasteiger partial charge in [0.2, 0.25) is 0 Å². The van der Waals surface area contributed by atoms with Crippen LogP contribution in [0, 0.1) is 0 Å². The lowest BCUT2D eigenvalue weighted by atomic mass is 10.1. The van der Waals surface area contributed by atoms with Gasteiger partial charge >= 0.3 is 5.97 Å². The van der Waals surface area contributed by atoms with Crippen LogP contribution in [-0.2, 0) is 9.53 Å². The molecule has 1 saturated heterocycles. The van der Waals surface area contributed by atoms with Crippen LogP contribution in [0.15, 0.2) is 28.7 Å². The lowest BCUT2D eigenvalue weighted by molar-refractivity contribution is -0.138. The standard InChI is InChI=1S/C16H16ClNO5/c1-22-12-6-11(7-15(19)20)18(8-12)16(21)14-5-9-4-10(17)2-3-13(9)23-14/h2-5,11-12H,6-8H2,1H3,(H,19,20). The second-order valence-corrected chi connectivity index (χ2v) is 6.03. The van der Waals surface area contributed by atoms with Crippen molar-refractivity contribution in [3.63, 3.8) is 0 Å². The molecular weight excluding hydrogens is 322 g/mol. The molecule has 0 aliphatic carbocycles. The van der Waals surface area contributed by atoms with E-state index in [1.54, 1.807) is 31.4 Å². The molecule has 2 unspecified atom stereocenters. The number of hydrogen-bond acceptors (Lipinski definition) is 4. The highest BCUT2D eigenvalue weighted by molar-refractivity contribution is 6.31. The fraction of sp³-hybridized carbons (Fsp3) is 0.375. The van der Waals surface area contributed by atoms with Gasteiger partial charge in [0.25, 0.3) is 5.91 Å². The topological polar surface area (TPSA) is 80.0 Å². The minimum atomic E-state index is -0.944. The summed E-state index contributed by atoms with van der Waals surface area (Å²) < 4.78 is 10.9. The zero-order valence-electron chi connectivity index (χ0n) is 12.5. The van der Waals surface area contributed by atoms with Crippen LogP contribution in [0.2, 0.25) is 5.02 Å². The molecular formula is C16H16ClNO5. The molecule has 2 aromatic rings. The molecule has 3 rings (SSSR count). The number of methoxy groups -OCH3 is 1. The predicted octanol–water partition coefficient (Wildman–Crippen LogP) is 2.79. The predicted molar refractivity (Wildman–Crippen MR) is 83.7 cm³/mol. The van der Waals surface area contributed by atoms with Gasteiger partial charge < -0.3 is 19.2 Å². The van der Waals surface area contributed by atoms with Gasteiger partial charge in [-0.15, -0.1) is 0 Å². The third-order valence-corrected chi connectivity index (χ3v) is 4.30. The Labute approximate surface area is 137 Å². The van der Waals surface area contributed by atoms with Crippen LogP contribution < -0.4 is 0 Å². The van der Waals surface area contributed by atoms with Gasteiger partial charge in [0.05, 0.1) is 12.5 Å². The second kappa shape index (κ2) is 6.22. The van der Waals surface area contributed by atoms with Gasteiger partial charge in [0.15, 0.2) is 5.76 Å². The summed E-state index contributed by atoms with van der Waals surface area (Å²) in [6.45, 7) is 0.352. The zero-order chi connectivity index (χ0) is 16.6. The summed E-state index contributed by atoms with van der Waals surface area (Å²) >= 11 is 5.93. The molecule has 2 atom stereocenters. The summed E-state index contributed by atoms with van der Waals surface area (Å²) in [7, 11) is 1.56. The molecule has 0 saturated carbocycles. The molecule has 122 valence electrons. The number of ether oxygens (including phenoxy) is 1. The molecule has 0 bridgehead atoms. The number of likely N-dealkylation sites (tertiary alicyclic amines) is 1. The first-order valence-electron chi connectivity index (χ1n) is 7.22. The van der Waals surface area contributed by atoms with Gasteiger partial charge in [-0.1, -0.05) is 11.6 Å². The number of fused-ring (bicyclic) bond motifs is 1. The fourth-order valence-electron chi connectivity index (χ4n) is 2.95. The third-order valence-electron chi connectivity index (χ3n) is 4.07. The number of halogens is 1. The Hall–Kier alpha value is -2.05. The summed E-state index contributed by atoms with van der Waals surface area (Å²) in [5.74, 6) is -1.10. The number of carbonyl (C=O) groups excluding carboxylic acids is 1. The Morgan fingerprint density at radius 3 is 2.91 bits per heavy atom. The van der Waals surface area contributed by atoms with E-state index in [4.69, 9.17) is 25.9 Å². The van der Waals surface area contributed by atoms with Crippen molar-refractivity contribution < 1.29 is 23.8 Å². The second-order valence-electron chi connectivity index (χ2n) is 5.60. The van der Waals surface area contributed by atoms with Crippen LogP contribution in [0.25, 0.3) is 11.0 Å². The van der Waals surface area contributed by atoms with Crippen molar-refractivity contribution in [2.45, 2.75) is 25.0 Å². The van der Waals surface area contributed by atoms with E-state index in [0.29, 0.717) is 23.6 Å². The highest BCUT2D eigenvalue weighted by atomic mass is 35.5. The van der Waals surface area contributed by atoms with Crippen LogP contribution in [0.1, 0.15) is 23.4 Å². The van der Waals surface area contributed by atoms with Gasteiger partial charge in [-0.3, -0.25) is 9.59 Å². The molecule has 1 aromatic heterocycles. The number of rotatable bonds is 4. The fourth-order valence-corrected chi connectivity index (χ4v) is 3.13. The van der Waals surface area contributed by atoms with Gasteiger partial charge in [-0.2, -0.15) is 0 Å². The SMILES string of the molecule is COC1CC(CC(=O)O)N(C(=O)c2cc3cc(Cl)ccc3o2)C1. The molecule has 1 aliphatic rings. The maximum Gasteiger partial charge on any atom is 0.305 e. The number of benzene rings is 1. The highest BCUT2D eigenvalue weighted by Gasteiger charge is 2.38. The molecule has 7 heteroatoms. The Morgan fingerprint density at radius 1 is 1.43 bits per heavy atom. The van der Waals surface area contributed by atoms with Crippen molar-refractivity contribution >= 4 is 34.4 Å². The summed E-state index contributed by atoms with van der Waals surface area (Å²) in [6, 6.07) is 6.33. The smallest absolute Gasteiger partial charge is 0.305 e. The molecule has 0 spiro atoms. The van der Waals surface area contributed by atoms with Crippen molar-refractivity contribution in [3.8, 4) is 0 Å². The number of amides is 1. The molecule has 23 heavy (non-hydrogen) atoms. The maximum atomic E-state index is 12.7. The molecule has 1 aliphatic heterocycles. The monoisotopic (exact) mass is 337 g/mol. The van der Waals surface area contributed by atoms with Gasteiger partial charge in [-0.05, 0) is 30.7 Å². The molecule has 2 heterocycles. The Bertz CT molecular complexity index is 756. The van der Waals surface area contributed by atoms with Crippen LogP contribution >= 0.6 is 11.6 Å². The maximum absolute atomic E-state index is 12.7. The van der Waals surface area contributed by atoms with Crippen LogP contribution in [0.5, 0.6) is 0 Å². The largest absolute Gasteiger partial charge is 0.481 e. The summed E-state index contributed by atoms with van der Waals surface area (Å²) in [5.41, 5.74) is 0.565. The minimum Gasteiger partial charge on any atom is -0.481 e. The summed E-state index contributed by atoms with van der Waals surface area (Å²) in [5, 5.41) is 10.3. The Morgan fingerprint density at radius 2 is 2.22 bits per heavy atom. The molecule has 1 N–H and O–H groups in total. The first-order chi connectivity index (χ1) is 11.0. The number of hydrogen-bond donors (Lipinski definition) is 1. The first kappa shape index (κ1) is 15.8. The lowest BCUT2D eigenvalue weighted by Crippen LogP contribution is -2.37. The number of nitrogens with zero attached hydrogens (tertiary/aromatic N) is 1.